The average Bonchev–Trinajstić information content (AvgIpc) is 2.85. The SMILES string of the molecule is CCC(Br)c1nnc(CSc2ccccc2)o1. The van der Waals surface area contributed by atoms with Crippen molar-refractivity contribution in [1.29, 1.82) is 0 Å². The normalized spacial score (nSPS) is 12.6. The van der Waals surface area contributed by atoms with Crippen LogP contribution < -0.4 is 0 Å². The molecule has 1 unspecified atom stereocenters. The highest BCUT2D eigenvalue weighted by molar-refractivity contribution is 9.09. The topological polar surface area (TPSA) is 38.9 Å². The van der Waals surface area contributed by atoms with Crippen molar-refractivity contribution in [2.45, 2.75) is 28.8 Å². The van der Waals surface area contributed by atoms with Crippen molar-refractivity contribution in [2.75, 3.05) is 0 Å². The van der Waals surface area contributed by atoms with Crippen LogP contribution in [0.15, 0.2) is 39.6 Å². The van der Waals surface area contributed by atoms with Crippen molar-refractivity contribution in [3.8, 4) is 0 Å². The smallest absolute Gasteiger partial charge is 0.230 e. The van der Waals surface area contributed by atoms with Crippen molar-refractivity contribution in [1.82, 2.24) is 10.2 Å². The van der Waals surface area contributed by atoms with Crippen LogP contribution in [-0.4, -0.2) is 10.2 Å². The van der Waals surface area contributed by atoms with E-state index in [1.165, 1.54) is 4.90 Å². The van der Waals surface area contributed by atoms with Gasteiger partial charge in [0.05, 0.1) is 10.6 Å². The highest BCUT2D eigenvalue weighted by Crippen LogP contribution is 2.27. The lowest BCUT2D eigenvalue weighted by Crippen LogP contribution is -1.86. The molecular weight excluding hydrogens is 300 g/mol. The molecule has 2 rings (SSSR count). The van der Waals surface area contributed by atoms with Crippen molar-refractivity contribution < 1.29 is 4.42 Å². The Morgan fingerprint density at radius 1 is 1.29 bits per heavy atom. The van der Waals surface area contributed by atoms with Gasteiger partial charge in [0.2, 0.25) is 11.8 Å². The maximum absolute atomic E-state index is 5.57. The molecule has 3 nitrogen and oxygen atoms in total. The number of nitrogens with zero attached hydrogens (tertiary/aromatic N) is 2. The van der Waals surface area contributed by atoms with Crippen molar-refractivity contribution in [2.24, 2.45) is 0 Å². The minimum absolute atomic E-state index is 0.158. The second-order valence-corrected chi connectivity index (χ2v) is 5.67. The van der Waals surface area contributed by atoms with Gasteiger partial charge in [-0.05, 0) is 18.6 Å². The van der Waals surface area contributed by atoms with E-state index in [4.69, 9.17) is 4.42 Å². The molecule has 2 aromatic rings. The Bertz CT molecular complexity index is 461. The fourth-order valence-corrected chi connectivity index (χ4v) is 2.23. The fourth-order valence-electron chi connectivity index (χ4n) is 1.29. The van der Waals surface area contributed by atoms with Crippen LogP contribution in [0.3, 0.4) is 0 Å². The van der Waals surface area contributed by atoms with E-state index in [0.717, 1.165) is 6.42 Å². The van der Waals surface area contributed by atoms with E-state index in [-0.39, 0.29) is 4.83 Å². The quantitative estimate of drug-likeness (QED) is 0.612. The largest absolute Gasteiger partial charge is 0.423 e. The summed E-state index contributed by atoms with van der Waals surface area (Å²) in [6.45, 7) is 2.07. The summed E-state index contributed by atoms with van der Waals surface area (Å²) in [6.07, 6.45) is 0.938. The molecule has 0 radical (unpaired) electrons. The molecular formula is C12H13BrN2OS. The lowest BCUT2D eigenvalue weighted by molar-refractivity contribution is 0.460. The zero-order chi connectivity index (χ0) is 12.1. The molecule has 1 aromatic heterocycles. The van der Waals surface area contributed by atoms with Gasteiger partial charge in [-0.15, -0.1) is 22.0 Å². The number of thioether (sulfide) groups is 1. The number of alkyl halides is 1. The molecule has 0 aliphatic carbocycles. The van der Waals surface area contributed by atoms with Crippen LogP contribution in [0, 0.1) is 0 Å². The Labute approximate surface area is 113 Å². The number of rotatable bonds is 5. The van der Waals surface area contributed by atoms with E-state index >= 15 is 0 Å². The van der Waals surface area contributed by atoms with Crippen molar-refractivity contribution in [3.05, 3.63) is 42.1 Å². The predicted molar refractivity (Wildman–Crippen MR) is 72.3 cm³/mol. The molecule has 90 valence electrons. The lowest BCUT2D eigenvalue weighted by Gasteiger charge is -1.98. The third-order valence-electron chi connectivity index (χ3n) is 2.21. The number of benzene rings is 1. The van der Waals surface area contributed by atoms with Gasteiger partial charge in [-0.3, -0.25) is 0 Å². The minimum atomic E-state index is 0.158. The first-order valence-corrected chi connectivity index (χ1v) is 7.34. The van der Waals surface area contributed by atoms with E-state index in [1.807, 2.05) is 18.2 Å². The highest BCUT2D eigenvalue weighted by atomic mass is 79.9. The summed E-state index contributed by atoms with van der Waals surface area (Å²) in [5.41, 5.74) is 0. The zero-order valence-electron chi connectivity index (χ0n) is 9.47. The number of halogens is 1. The molecule has 0 N–H and O–H groups in total. The lowest BCUT2D eigenvalue weighted by atomic mass is 10.3. The minimum Gasteiger partial charge on any atom is -0.423 e. The molecule has 5 heteroatoms. The predicted octanol–water partition coefficient (Wildman–Crippen LogP) is 4.21. The third kappa shape index (κ3) is 3.57. The first kappa shape index (κ1) is 12.6. The van der Waals surface area contributed by atoms with Crippen LogP contribution in [0.1, 0.15) is 30.0 Å². The summed E-state index contributed by atoms with van der Waals surface area (Å²) >= 11 is 5.19. The second-order valence-electron chi connectivity index (χ2n) is 3.51. The van der Waals surface area contributed by atoms with Crippen LogP contribution in [0.5, 0.6) is 0 Å². The van der Waals surface area contributed by atoms with Gasteiger partial charge < -0.3 is 4.42 Å². The highest BCUT2D eigenvalue weighted by Gasteiger charge is 2.13. The molecule has 0 bridgehead atoms. The monoisotopic (exact) mass is 312 g/mol. The number of hydrogen-bond donors (Lipinski definition) is 0. The van der Waals surface area contributed by atoms with Crippen molar-refractivity contribution in [3.63, 3.8) is 0 Å². The summed E-state index contributed by atoms with van der Waals surface area (Å²) in [5.74, 6) is 2.04. The van der Waals surface area contributed by atoms with Gasteiger partial charge in [0.25, 0.3) is 0 Å². The summed E-state index contributed by atoms with van der Waals surface area (Å²) in [6, 6.07) is 10.2. The standard InChI is InChI=1S/C12H13BrN2OS/c1-2-10(13)12-15-14-11(16-12)8-17-9-6-4-3-5-7-9/h3-7,10H,2,8H2,1H3. The molecule has 0 aliphatic heterocycles. The van der Waals surface area contributed by atoms with Gasteiger partial charge in [0.15, 0.2) is 0 Å². The molecule has 0 amide bonds. The molecule has 1 atom stereocenters. The summed E-state index contributed by atoms with van der Waals surface area (Å²) in [5, 5.41) is 8.06. The molecule has 0 aliphatic rings. The molecule has 17 heavy (non-hydrogen) atoms. The van der Waals surface area contributed by atoms with Crippen LogP contribution in [-0.2, 0) is 5.75 Å². The molecule has 0 saturated heterocycles. The molecule has 0 spiro atoms. The van der Waals surface area contributed by atoms with E-state index in [0.29, 0.717) is 17.5 Å². The van der Waals surface area contributed by atoms with E-state index < -0.39 is 0 Å². The van der Waals surface area contributed by atoms with E-state index in [1.54, 1.807) is 11.8 Å². The van der Waals surface area contributed by atoms with Gasteiger partial charge in [0, 0.05) is 4.90 Å². The average molecular weight is 313 g/mol. The maximum Gasteiger partial charge on any atom is 0.230 e. The first-order valence-electron chi connectivity index (χ1n) is 5.43. The molecule has 0 fully saturated rings. The Kier molecular flexibility index (Phi) is 4.62. The van der Waals surface area contributed by atoms with Crippen LogP contribution in [0.2, 0.25) is 0 Å². The van der Waals surface area contributed by atoms with E-state index in [2.05, 4.69) is 45.2 Å². The molecule has 1 aromatic carbocycles. The molecule has 1 heterocycles. The van der Waals surface area contributed by atoms with Gasteiger partial charge in [0.1, 0.15) is 0 Å². The van der Waals surface area contributed by atoms with Crippen molar-refractivity contribution >= 4 is 27.7 Å². The summed E-state index contributed by atoms with van der Waals surface area (Å²) < 4.78 is 5.57. The van der Waals surface area contributed by atoms with Crippen LogP contribution in [0.4, 0.5) is 0 Å². The Hall–Kier alpha value is -0.810. The summed E-state index contributed by atoms with van der Waals surface area (Å²) in [7, 11) is 0. The van der Waals surface area contributed by atoms with Gasteiger partial charge in [-0.2, -0.15) is 0 Å². The van der Waals surface area contributed by atoms with E-state index in [9.17, 15) is 0 Å². The molecule has 0 saturated carbocycles. The Balaban J connectivity index is 1.94. The number of hydrogen-bond acceptors (Lipinski definition) is 4. The zero-order valence-corrected chi connectivity index (χ0v) is 11.9. The second kappa shape index (κ2) is 6.21. The van der Waals surface area contributed by atoms with Crippen LogP contribution >= 0.6 is 27.7 Å². The Morgan fingerprint density at radius 2 is 2.06 bits per heavy atom. The van der Waals surface area contributed by atoms with Gasteiger partial charge in [-0.25, -0.2) is 0 Å². The Morgan fingerprint density at radius 3 is 2.76 bits per heavy atom. The maximum atomic E-state index is 5.57. The third-order valence-corrected chi connectivity index (χ3v) is 4.25. The van der Waals surface area contributed by atoms with Gasteiger partial charge in [-0.1, -0.05) is 41.1 Å². The number of aromatic nitrogens is 2. The first-order chi connectivity index (χ1) is 8.29. The fraction of sp³-hybridized carbons (Fsp3) is 0.333. The van der Waals surface area contributed by atoms with Crippen LogP contribution in [0.25, 0.3) is 0 Å². The van der Waals surface area contributed by atoms with Gasteiger partial charge >= 0.3 is 0 Å². The summed E-state index contributed by atoms with van der Waals surface area (Å²) in [4.78, 5) is 1.36.